The number of hydrogen-bond donors (Lipinski definition) is 2. The lowest BCUT2D eigenvalue weighted by Crippen LogP contribution is -2.02. The van der Waals surface area contributed by atoms with E-state index in [-0.39, 0.29) is 17.2 Å². The normalized spacial score (nSPS) is 10.7. The average molecular weight is 453 g/mol. The van der Waals surface area contributed by atoms with Crippen LogP contribution in [0, 0.1) is 13.8 Å². The van der Waals surface area contributed by atoms with E-state index in [2.05, 4.69) is 0 Å². The highest BCUT2D eigenvalue weighted by Crippen LogP contribution is 2.53. The molecule has 3 aromatic rings. The first kappa shape index (κ1) is 24.1. The number of phenolic OH excluding ortho intramolecular Hbond substituents is 2. The Morgan fingerprint density at radius 2 is 1.27 bits per heavy atom. The summed E-state index contributed by atoms with van der Waals surface area (Å²) in [7, 11) is 6.21. The van der Waals surface area contributed by atoms with Gasteiger partial charge in [0.25, 0.3) is 0 Å². The van der Waals surface area contributed by atoms with Crippen LogP contribution in [-0.2, 0) is 12.8 Å². The van der Waals surface area contributed by atoms with Crippen LogP contribution in [0.15, 0.2) is 36.4 Å². The van der Waals surface area contributed by atoms with E-state index in [0.717, 1.165) is 22.3 Å². The van der Waals surface area contributed by atoms with Gasteiger partial charge in [-0.05, 0) is 55.9 Å². The second kappa shape index (κ2) is 10.4. The lowest BCUT2D eigenvalue weighted by Gasteiger charge is -2.21. The van der Waals surface area contributed by atoms with E-state index in [4.69, 9.17) is 18.9 Å². The second-order valence-electron chi connectivity index (χ2n) is 7.88. The van der Waals surface area contributed by atoms with Gasteiger partial charge in [-0.25, -0.2) is 0 Å². The van der Waals surface area contributed by atoms with Crippen molar-refractivity contribution in [2.24, 2.45) is 0 Å². The molecule has 0 heterocycles. The zero-order valence-corrected chi connectivity index (χ0v) is 20.1. The molecule has 0 aliphatic carbocycles. The molecule has 3 aromatic carbocycles. The van der Waals surface area contributed by atoms with Crippen molar-refractivity contribution in [3.8, 4) is 45.6 Å². The van der Waals surface area contributed by atoms with Crippen LogP contribution >= 0.6 is 0 Å². The molecule has 0 spiro atoms. The Kier molecular flexibility index (Phi) is 7.59. The maximum Gasteiger partial charge on any atom is 0.204 e. The van der Waals surface area contributed by atoms with Gasteiger partial charge in [-0.15, -0.1) is 0 Å². The van der Waals surface area contributed by atoms with Crippen molar-refractivity contribution in [1.29, 1.82) is 0 Å². The molecule has 0 fully saturated rings. The van der Waals surface area contributed by atoms with E-state index < -0.39 is 0 Å². The number of rotatable bonds is 9. The lowest BCUT2D eigenvalue weighted by atomic mass is 9.92. The van der Waals surface area contributed by atoms with Gasteiger partial charge in [0.05, 0.1) is 34.0 Å². The van der Waals surface area contributed by atoms with Crippen LogP contribution in [0.1, 0.15) is 28.7 Å². The number of phenols is 2. The fraction of sp³-hybridized carbons (Fsp3) is 0.333. The van der Waals surface area contributed by atoms with Crippen LogP contribution in [0.2, 0.25) is 0 Å². The van der Waals surface area contributed by atoms with Gasteiger partial charge in [-0.3, -0.25) is 0 Å². The Hall–Kier alpha value is -3.54. The SMILES string of the molecule is COc1ccc(C)c(CCCc2c(O)c(OC)c(OC)c(-c3ccccc3C)c2O)c1OC. The maximum absolute atomic E-state index is 11.3. The van der Waals surface area contributed by atoms with Gasteiger partial charge in [0.1, 0.15) is 5.75 Å². The minimum absolute atomic E-state index is 0.00576. The summed E-state index contributed by atoms with van der Waals surface area (Å²) >= 11 is 0. The fourth-order valence-electron chi connectivity index (χ4n) is 4.29. The van der Waals surface area contributed by atoms with E-state index in [1.165, 1.54) is 14.2 Å². The molecular weight excluding hydrogens is 420 g/mol. The van der Waals surface area contributed by atoms with Crippen LogP contribution in [-0.4, -0.2) is 38.7 Å². The van der Waals surface area contributed by atoms with Crippen molar-refractivity contribution in [2.75, 3.05) is 28.4 Å². The zero-order valence-electron chi connectivity index (χ0n) is 20.1. The Bertz CT molecular complexity index is 1140. The summed E-state index contributed by atoms with van der Waals surface area (Å²) in [5.41, 5.74) is 4.85. The summed E-state index contributed by atoms with van der Waals surface area (Å²) in [6.45, 7) is 3.99. The van der Waals surface area contributed by atoms with Crippen molar-refractivity contribution in [2.45, 2.75) is 33.1 Å². The minimum Gasteiger partial charge on any atom is -0.507 e. The number of aryl methyl sites for hydroxylation is 2. The lowest BCUT2D eigenvalue weighted by molar-refractivity contribution is 0.327. The molecule has 2 N–H and O–H groups in total. The molecule has 0 saturated carbocycles. The van der Waals surface area contributed by atoms with E-state index in [1.807, 2.05) is 50.2 Å². The van der Waals surface area contributed by atoms with Crippen LogP contribution in [0.3, 0.4) is 0 Å². The molecule has 0 radical (unpaired) electrons. The summed E-state index contributed by atoms with van der Waals surface area (Å²) < 4.78 is 22.1. The smallest absolute Gasteiger partial charge is 0.204 e. The Balaban J connectivity index is 2.03. The summed E-state index contributed by atoms with van der Waals surface area (Å²) in [5, 5.41) is 22.2. The molecule has 0 aromatic heterocycles. The fourth-order valence-corrected chi connectivity index (χ4v) is 4.29. The summed E-state index contributed by atoms with van der Waals surface area (Å²) in [6, 6.07) is 11.6. The Labute approximate surface area is 195 Å². The van der Waals surface area contributed by atoms with Gasteiger partial charge >= 0.3 is 0 Å². The number of aromatic hydroxyl groups is 2. The van der Waals surface area contributed by atoms with Crippen molar-refractivity contribution in [3.05, 3.63) is 58.7 Å². The quantitative estimate of drug-likeness (QED) is 0.441. The predicted molar refractivity (Wildman–Crippen MR) is 129 cm³/mol. The predicted octanol–water partition coefficient (Wildman–Crippen LogP) is 5.59. The molecule has 0 saturated heterocycles. The van der Waals surface area contributed by atoms with E-state index in [0.29, 0.717) is 47.6 Å². The average Bonchev–Trinajstić information content (AvgIpc) is 2.82. The monoisotopic (exact) mass is 452 g/mol. The van der Waals surface area contributed by atoms with Crippen LogP contribution < -0.4 is 18.9 Å². The second-order valence-corrected chi connectivity index (χ2v) is 7.88. The molecule has 6 nitrogen and oxygen atoms in total. The molecule has 6 heteroatoms. The van der Waals surface area contributed by atoms with Gasteiger partial charge in [0, 0.05) is 11.1 Å². The third-order valence-electron chi connectivity index (χ3n) is 6.02. The van der Waals surface area contributed by atoms with Crippen molar-refractivity contribution in [1.82, 2.24) is 0 Å². The molecule has 0 aliphatic heterocycles. The van der Waals surface area contributed by atoms with Gasteiger partial charge in [0.2, 0.25) is 5.75 Å². The maximum atomic E-state index is 11.3. The van der Waals surface area contributed by atoms with Gasteiger partial charge in [-0.2, -0.15) is 0 Å². The van der Waals surface area contributed by atoms with Gasteiger partial charge < -0.3 is 29.2 Å². The molecule has 3 rings (SSSR count). The summed E-state index contributed by atoms with van der Waals surface area (Å²) in [5.74, 6) is 1.78. The van der Waals surface area contributed by atoms with Crippen LogP contribution in [0.25, 0.3) is 11.1 Å². The van der Waals surface area contributed by atoms with E-state index in [1.54, 1.807) is 14.2 Å². The van der Waals surface area contributed by atoms with Crippen molar-refractivity contribution >= 4 is 0 Å². The first-order valence-corrected chi connectivity index (χ1v) is 10.8. The molecule has 176 valence electrons. The zero-order chi connectivity index (χ0) is 24.1. The summed E-state index contributed by atoms with van der Waals surface area (Å²) in [4.78, 5) is 0. The molecule has 33 heavy (non-hydrogen) atoms. The Morgan fingerprint density at radius 3 is 1.88 bits per heavy atom. The standard InChI is InChI=1S/C27H32O6/c1-16-10-7-8-11-18(16)22-23(28)20(24(29)27(33-6)26(22)32-5)13-9-12-19-17(2)14-15-21(30-3)25(19)31-4/h7-8,10-11,14-15,28-29H,9,12-13H2,1-6H3. The summed E-state index contributed by atoms with van der Waals surface area (Å²) in [6.07, 6.45) is 1.77. The first-order valence-electron chi connectivity index (χ1n) is 10.8. The third kappa shape index (κ3) is 4.51. The molecule has 0 bridgehead atoms. The number of ether oxygens (including phenoxy) is 4. The first-order chi connectivity index (χ1) is 15.9. The van der Waals surface area contributed by atoms with Gasteiger partial charge in [0.15, 0.2) is 23.0 Å². The van der Waals surface area contributed by atoms with Gasteiger partial charge in [-0.1, -0.05) is 30.3 Å². The number of methoxy groups -OCH3 is 4. The highest BCUT2D eigenvalue weighted by atomic mass is 16.5. The van der Waals surface area contributed by atoms with Crippen molar-refractivity contribution in [3.63, 3.8) is 0 Å². The molecule has 0 amide bonds. The highest BCUT2D eigenvalue weighted by Gasteiger charge is 2.27. The van der Waals surface area contributed by atoms with E-state index >= 15 is 0 Å². The van der Waals surface area contributed by atoms with Crippen molar-refractivity contribution < 1.29 is 29.2 Å². The molecule has 0 aliphatic rings. The highest BCUT2D eigenvalue weighted by molar-refractivity contribution is 5.85. The minimum atomic E-state index is -0.112. The molecular formula is C27H32O6. The molecule has 0 unspecified atom stereocenters. The van der Waals surface area contributed by atoms with Crippen LogP contribution in [0.4, 0.5) is 0 Å². The third-order valence-corrected chi connectivity index (χ3v) is 6.02. The van der Waals surface area contributed by atoms with E-state index in [9.17, 15) is 10.2 Å². The number of benzene rings is 3. The van der Waals surface area contributed by atoms with Crippen LogP contribution in [0.5, 0.6) is 34.5 Å². The Morgan fingerprint density at radius 1 is 0.636 bits per heavy atom. The molecule has 0 atom stereocenters. The number of hydrogen-bond acceptors (Lipinski definition) is 6. The largest absolute Gasteiger partial charge is 0.507 e. The topological polar surface area (TPSA) is 77.4 Å².